The smallest absolute Gasteiger partial charge is 0.177 e. The summed E-state index contributed by atoms with van der Waals surface area (Å²) in [7, 11) is 0. The first-order valence-electron chi connectivity index (χ1n) is 3.48. The van der Waals surface area contributed by atoms with Crippen molar-refractivity contribution in [3.05, 3.63) is 33.9 Å². The maximum atomic E-state index is 13.0. The van der Waals surface area contributed by atoms with Crippen molar-refractivity contribution in [2.75, 3.05) is 0 Å². The summed E-state index contributed by atoms with van der Waals surface area (Å²) in [6, 6.07) is 1.09. The van der Waals surface area contributed by atoms with Crippen LogP contribution in [0.5, 0.6) is 0 Å². The Morgan fingerprint density at radius 1 is 1.15 bits per heavy atom. The van der Waals surface area contributed by atoms with Crippen LogP contribution >= 0.6 is 11.6 Å². The summed E-state index contributed by atoms with van der Waals surface area (Å²) in [5.74, 6) is -2.41. The lowest BCUT2D eigenvalue weighted by atomic mass is 10.1. The molecule has 0 saturated carbocycles. The van der Waals surface area contributed by atoms with E-state index < -0.39 is 29.9 Å². The van der Waals surface area contributed by atoms with Crippen molar-refractivity contribution >= 4 is 11.6 Å². The van der Waals surface area contributed by atoms with E-state index in [-0.39, 0.29) is 11.1 Å². The molecule has 0 saturated heterocycles. The van der Waals surface area contributed by atoms with Gasteiger partial charge in [0.1, 0.15) is 0 Å². The van der Waals surface area contributed by atoms with Crippen LogP contribution in [-0.2, 0) is 13.2 Å². The van der Waals surface area contributed by atoms with E-state index in [2.05, 4.69) is 0 Å². The molecule has 0 bridgehead atoms. The van der Waals surface area contributed by atoms with E-state index in [1.165, 1.54) is 0 Å². The summed E-state index contributed by atoms with van der Waals surface area (Å²) in [5.41, 5.74) is -0.171. The first-order valence-corrected chi connectivity index (χ1v) is 3.86. The standard InChI is InChI=1S/C8H7ClF2O2/c9-6-1-4(2-12)5(3-13)7(10)8(6)11/h1,12-13H,2-3H2. The number of hydrogen-bond donors (Lipinski definition) is 2. The minimum Gasteiger partial charge on any atom is -0.392 e. The highest BCUT2D eigenvalue weighted by atomic mass is 35.5. The largest absolute Gasteiger partial charge is 0.392 e. The minimum absolute atomic E-state index is 0.0893. The molecule has 0 atom stereocenters. The lowest BCUT2D eigenvalue weighted by Gasteiger charge is -2.07. The molecule has 13 heavy (non-hydrogen) atoms. The second-order valence-electron chi connectivity index (χ2n) is 2.44. The highest BCUT2D eigenvalue weighted by molar-refractivity contribution is 6.30. The van der Waals surface area contributed by atoms with Crippen molar-refractivity contribution in [1.82, 2.24) is 0 Å². The zero-order chi connectivity index (χ0) is 10.0. The summed E-state index contributed by atoms with van der Waals surface area (Å²) >= 11 is 5.32. The average molecular weight is 209 g/mol. The molecule has 0 aliphatic heterocycles. The van der Waals surface area contributed by atoms with Gasteiger partial charge in [0, 0.05) is 5.56 Å². The van der Waals surface area contributed by atoms with Gasteiger partial charge in [0.15, 0.2) is 11.6 Å². The maximum absolute atomic E-state index is 13.0. The van der Waals surface area contributed by atoms with E-state index in [0.29, 0.717) is 0 Å². The molecule has 0 aliphatic carbocycles. The Bertz CT molecular complexity index is 328. The van der Waals surface area contributed by atoms with Gasteiger partial charge < -0.3 is 10.2 Å². The van der Waals surface area contributed by atoms with Crippen LogP contribution in [0.15, 0.2) is 6.07 Å². The van der Waals surface area contributed by atoms with E-state index in [1.807, 2.05) is 0 Å². The van der Waals surface area contributed by atoms with Crippen molar-refractivity contribution in [3.8, 4) is 0 Å². The predicted molar refractivity (Wildman–Crippen MR) is 43.2 cm³/mol. The van der Waals surface area contributed by atoms with Gasteiger partial charge in [-0.25, -0.2) is 8.78 Å². The molecule has 2 nitrogen and oxygen atoms in total. The molecule has 0 unspecified atom stereocenters. The summed E-state index contributed by atoms with van der Waals surface area (Å²) in [6.07, 6.45) is 0. The monoisotopic (exact) mass is 208 g/mol. The zero-order valence-electron chi connectivity index (χ0n) is 6.52. The van der Waals surface area contributed by atoms with Crippen molar-refractivity contribution < 1.29 is 19.0 Å². The topological polar surface area (TPSA) is 40.5 Å². The first-order chi connectivity index (χ1) is 6.11. The molecule has 0 radical (unpaired) electrons. The van der Waals surface area contributed by atoms with E-state index in [1.54, 1.807) is 0 Å². The number of rotatable bonds is 2. The van der Waals surface area contributed by atoms with Gasteiger partial charge in [-0.05, 0) is 11.6 Å². The molecule has 0 fully saturated rings. The van der Waals surface area contributed by atoms with Crippen LogP contribution in [0.2, 0.25) is 5.02 Å². The lowest BCUT2D eigenvalue weighted by molar-refractivity contribution is 0.253. The number of aliphatic hydroxyl groups excluding tert-OH is 2. The molecule has 1 aromatic rings. The highest BCUT2D eigenvalue weighted by Gasteiger charge is 2.15. The van der Waals surface area contributed by atoms with E-state index in [4.69, 9.17) is 21.8 Å². The van der Waals surface area contributed by atoms with Crippen LogP contribution in [0.25, 0.3) is 0 Å². The van der Waals surface area contributed by atoms with Gasteiger partial charge in [-0.3, -0.25) is 0 Å². The van der Waals surface area contributed by atoms with Crippen LogP contribution < -0.4 is 0 Å². The lowest BCUT2D eigenvalue weighted by Crippen LogP contribution is -2.01. The fourth-order valence-corrected chi connectivity index (χ4v) is 1.21. The van der Waals surface area contributed by atoms with Crippen LogP contribution in [0.3, 0.4) is 0 Å². The van der Waals surface area contributed by atoms with E-state index in [0.717, 1.165) is 6.07 Å². The van der Waals surface area contributed by atoms with E-state index >= 15 is 0 Å². The highest BCUT2D eigenvalue weighted by Crippen LogP contribution is 2.24. The third-order valence-electron chi connectivity index (χ3n) is 1.68. The first kappa shape index (κ1) is 10.4. The fourth-order valence-electron chi connectivity index (χ4n) is 0.994. The summed E-state index contributed by atoms with van der Waals surface area (Å²) in [5, 5.41) is 17.0. The molecular weight excluding hydrogens is 202 g/mol. The van der Waals surface area contributed by atoms with Gasteiger partial charge in [-0.2, -0.15) is 0 Å². The normalized spacial score (nSPS) is 10.5. The third kappa shape index (κ3) is 1.80. The fraction of sp³-hybridized carbons (Fsp3) is 0.250. The minimum atomic E-state index is -1.21. The van der Waals surface area contributed by atoms with Crippen molar-refractivity contribution in [2.45, 2.75) is 13.2 Å². The van der Waals surface area contributed by atoms with Crippen LogP contribution in [0.1, 0.15) is 11.1 Å². The van der Waals surface area contributed by atoms with Crippen LogP contribution in [-0.4, -0.2) is 10.2 Å². The van der Waals surface area contributed by atoms with Gasteiger partial charge in [0.25, 0.3) is 0 Å². The van der Waals surface area contributed by atoms with Gasteiger partial charge in [0.05, 0.1) is 18.2 Å². The van der Waals surface area contributed by atoms with Crippen molar-refractivity contribution in [2.24, 2.45) is 0 Å². The second kappa shape index (κ2) is 4.00. The van der Waals surface area contributed by atoms with Gasteiger partial charge in [-0.1, -0.05) is 11.6 Å². The number of benzene rings is 1. The Kier molecular flexibility index (Phi) is 3.19. The molecule has 0 spiro atoms. The molecule has 0 aromatic heterocycles. The molecule has 2 N–H and O–H groups in total. The summed E-state index contributed by atoms with van der Waals surface area (Å²) in [4.78, 5) is 0. The summed E-state index contributed by atoms with van der Waals surface area (Å²) < 4.78 is 25.8. The zero-order valence-corrected chi connectivity index (χ0v) is 7.28. The Morgan fingerprint density at radius 2 is 1.77 bits per heavy atom. The number of hydrogen-bond acceptors (Lipinski definition) is 2. The van der Waals surface area contributed by atoms with Crippen molar-refractivity contribution in [1.29, 1.82) is 0 Å². The Morgan fingerprint density at radius 3 is 2.23 bits per heavy atom. The molecular formula is C8H7ClF2O2. The molecule has 0 amide bonds. The molecule has 5 heteroatoms. The molecule has 1 rings (SSSR count). The van der Waals surface area contributed by atoms with Gasteiger partial charge in [-0.15, -0.1) is 0 Å². The summed E-state index contributed by atoms with van der Waals surface area (Å²) in [6.45, 7) is -1.16. The number of aliphatic hydroxyl groups is 2. The van der Waals surface area contributed by atoms with Crippen molar-refractivity contribution in [3.63, 3.8) is 0 Å². The SMILES string of the molecule is OCc1cc(Cl)c(F)c(F)c1CO. The molecule has 72 valence electrons. The molecule has 1 aromatic carbocycles. The average Bonchev–Trinajstić information content (AvgIpc) is 2.13. The Balaban J connectivity index is 3.39. The Labute approximate surface area is 78.4 Å². The second-order valence-corrected chi connectivity index (χ2v) is 2.85. The third-order valence-corrected chi connectivity index (χ3v) is 1.96. The maximum Gasteiger partial charge on any atom is 0.177 e. The Hall–Kier alpha value is -0.710. The van der Waals surface area contributed by atoms with Gasteiger partial charge >= 0.3 is 0 Å². The number of halogens is 3. The predicted octanol–water partition coefficient (Wildman–Crippen LogP) is 1.60. The van der Waals surface area contributed by atoms with Crippen LogP contribution in [0, 0.1) is 11.6 Å². The van der Waals surface area contributed by atoms with Crippen LogP contribution in [0.4, 0.5) is 8.78 Å². The quantitative estimate of drug-likeness (QED) is 0.725. The van der Waals surface area contributed by atoms with E-state index in [9.17, 15) is 8.78 Å². The van der Waals surface area contributed by atoms with Gasteiger partial charge in [0.2, 0.25) is 0 Å². The molecule has 0 heterocycles. The molecule has 0 aliphatic rings.